The van der Waals surface area contributed by atoms with E-state index in [1.54, 1.807) is 20.8 Å². The Labute approximate surface area is 127 Å². The molecule has 0 aliphatic rings. The zero-order valence-electron chi connectivity index (χ0n) is 11.9. The molecular weight excluding hydrogens is 327 g/mol. The minimum atomic E-state index is -4.60. The van der Waals surface area contributed by atoms with Crippen LogP contribution in [-0.4, -0.2) is 32.0 Å². The minimum absolute atomic E-state index is 0.201. The summed E-state index contributed by atoms with van der Waals surface area (Å²) in [7, 11) is -4.24. The third-order valence-electron chi connectivity index (χ3n) is 2.71. The predicted molar refractivity (Wildman–Crippen MR) is 75.8 cm³/mol. The number of nitrogens with zero attached hydrogens (tertiary/aromatic N) is 1. The first-order valence-electron chi connectivity index (χ1n) is 6.26. The Balaban J connectivity index is 3.22. The molecule has 0 aliphatic heterocycles. The zero-order valence-corrected chi connectivity index (χ0v) is 13.5. The molecule has 1 aromatic rings. The maximum absolute atomic E-state index is 12.6. The molecule has 1 rings (SSSR count). The fourth-order valence-corrected chi connectivity index (χ4v) is 3.60. The van der Waals surface area contributed by atoms with Gasteiger partial charge in [-0.15, -0.1) is 0 Å². The molecular formula is C13H17ClF3NO2S. The third kappa shape index (κ3) is 5.16. The van der Waals surface area contributed by atoms with Gasteiger partial charge < -0.3 is 0 Å². The lowest BCUT2D eigenvalue weighted by atomic mass is 10.2. The number of sulfonamides is 1. The zero-order chi connectivity index (χ0) is 16.4. The number of halogens is 4. The molecule has 0 unspecified atom stereocenters. The molecule has 120 valence electrons. The van der Waals surface area contributed by atoms with E-state index in [1.807, 2.05) is 0 Å². The second kappa shape index (κ2) is 6.54. The van der Waals surface area contributed by atoms with Gasteiger partial charge in [0.2, 0.25) is 10.0 Å². The summed E-state index contributed by atoms with van der Waals surface area (Å²) in [6.07, 6.45) is -4.60. The van der Waals surface area contributed by atoms with Gasteiger partial charge in [-0.2, -0.15) is 17.5 Å². The molecule has 0 aromatic heterocycles. The van der Waals surface area contributed by atoms with Crippen molar-refractivity contribution in [1.29, 1.82) is 0 Å². The van der Waals surface area contributed by atoms with Crippen molar-refractivity contribution in [1.82, 2.24) is 4.31 Å². The molecule has 0 N–H and O–H groups in total. The van der Waals surface area contributed by atoms with Crippen molar-refractivity contribution in [2.75, 3.05) is 13.1 Å². The molecule has 0 bridgehead atoms. The summed E-state index contributed by atoms with van der Waals surface area (Å²) < 4.78 is 63.0. The molecule has 0 fully saturated rings. The van der Waals surface area contributed by atoms with Gasteiger partial charge in [0.1, 0.15) is 6.54 Å². The Hall–Kier alpha value is -0.790. The van der Waals surface area contributed by atoms with E-state index < -0.39 is 22.7 Å². The molecule has 0 saturated carbocycles. The van der Waals surface area contributed by atoms with Gasteiger partial charge in [0.05, 0.1) is 4.90 Å². The molecule has 1 aromatic carbocycles. The number of alkyl halides is 3. The SMILES string of the molecule is Cc1ccc(S(=O)(=O)N(CC(C)C)CC(F)(F)F)cc1Cl. The lowest BCUT2D eigenvalue weighted by Crippen LogP contribution is -2.41. The van der Waals surface area contributed by atoms with E-state index in [0.29, 0.717) is 9.87 Å². The van der Waals surface area contributed by atoms with E-state index in [2.05, 4.69) is 0 Å². The third-order valence-corrected chi connectivity index (χ3v) is 4.92. The van der Waals surface area contributed by atoms with Crippen LogP contribution in [0.15, 0.2) is 23.1 Å². The summed E-state index contributed by atoms with van der Waals surface area (Å²) in [6.45, 7) is 3.26. The second-order valence-corrected chi connectivity index (χ2v) is 7.56. The summed E-state index contributed by atoms with van der Waals surface area (Å²) in [5.41, 5.74) is 0.654. The van der Waals surface area contributed by atoms with E-state index in [1.165, 1.54) is 18.2 Å². The van der Waals surface area contributed by atoms with Crippen LogP contribution in [0, 0.1) is 12.8 Å². The number of rotatable bonds is 5. The minimum Gasteiger partial charge on any atom is -0.207 e. The molecule has 0 atom stereocenters. The van der Waals surface area contributed by atoms with Gasteiger partial charge in [0, 0.05) is 11.6 Å². The number of hydrogen-bond donors (Lipinski definition) is 0. The summed E-state index contributed by atoms with van der Waals surface area (Å²) in [6, 6.07) is 3.91. The molecule has 8 heteroatoms. The highest BCUT2D eigenvalue weighted by atomic mass is 35.5. The first-order valence-corrected chi connectivity index (χ1v) is 8.08. The van der Waals surface area contributed by atoms with Crippen molar-refractivity contribution in [3.8, 4) is 0 Å². The van der Waals surface area contributed by atoms with E-state index >= 15 is 0 Å². The highest BCUT2D eigenvalue weighted by Crippen LogP contribution is 2.26. The van der Waals surface area contributed by atoms with Crippen LogP contribution in [0.3, 0.4) is 0 Å². The number of aryl methyl sites for hydroxylation is 1. The maximum Gasteiger partial charge on any atom is 0.402 e. The lowest BCUT2D eigenvalue weighted by molar-refractivity contribution is -0.136. The second-order valence-electron chi connectivity index (χ2n) is 5.22. The number of hydrogen-bond acceptors (Lipinski definition) is 2. The lowest BCUT2D eigenvalue weighted by Gasteiger charge is -2.25. The van der Waals surface area contributed by atoms with Gasteiger partial charge in [0.25, 0.3) is 0 Å². The van der Waals surface area contributed by atoms with E-state index in [4.69, 9.17) is 11.6 Å². The van der Waals surface area contributed by atoms with Crippen LogP contribution in [0.4, 0.5) is 13.2 Å². The van der Waals surface area contributed by atoms with Crippen molar-refractivity contribution in [2.45, 2.75) is 31.8 Å². The van der Waals surface area contributed by atoms with E-state index in [9.17, 15) is 21.6 Å². The Morgan fingerprint density at radius 1 is 1.29 bits per heavy atom. The molecule has 0 aliphatic carbocycles. The first-order chi connectivity index (χ1) is 9.43. The molecule has 0 amide bonds. The van der Waals surface area contributed by atoms with Crippen LogP contribution in [0.5, 0.6) is 0 Å². The molecule has 0 radical (unpaired) electrons. The van der Waals surface area contributed by atoms with Gasteiger partial charge in [-0.3, -0.25) is 0 Å². The van der Waals surface area contributed by atoms with Crippen LogP contribution in [0.25, 0.3) is 0 Å². The van der Waals surface area contributed by atoms with E-state index in [0.717, 1.165) is 0 Å². The molecule has 0 saturated heterocycles. The molecule has 3 nitrogen and oxygen atoms in total. The smallest absolute Gasteiger partial charge is 0.207 e. The molecule has 21 heavy (non-hydrogen) atoms. The van der Waals surface area contributed by atoms with Gasteiger partial charge in [-0.1, -0.05) is 31.5 Å². The maximum atomic E-state index is 12.6. The average molecular weight is 344 g/mol. The standard InChI is InChI=1S/C13H17ClF3NO2S/c1-9(2)7-18(8-13(15,16)17)21(19,20)11-5-4-10(3)12(14)6-11/h4-6,9H,7-8H2,1-3H3. The van der Waals surface area contributed by atoms with Crippen molar-refractivity contribution >= 4 is 21.6 Å². The summed E-state index contributed by atoms with van der Waals surface area (Å²) >= 11 is 5.86. The van der Waals surface area contributed by atoms with Crippen LogP contribution in [-0.2, 0) is 10.0 Å². The quantitative estimate of drug-likeness (QED) is 0.814. The van der Waals surface area contributed by atoms with Crippen molar-refractivity contribution in [3.05, 3.63) is 28.8 Å². The van der Waals surface area contributed by atoms with Crippen LogP contribution >= 0.6 is 11.6 Å². The Kier molecular flexibility index (Phi) is 5.69. The van der Waals surface area contributed by atoms with E-state index in [-0.39, 0.29) is 22.4 Å². The fourth-order valence-electron chi connectivity index (χ4n) is 1.74. The van der Waals surface area contributed by atoms with Gasteiger partial charge in [-0.05, 0) is 30.5 Å². The first kappa shape index (κ1) is 18.3. The summed E-state index contributed by atoms with van der Waals surface area (Å²) in [4.78, 5) is -0.233. The highest BCUT2D eigenvalue weighted by molar-refractivity contribution is 7.89. The van der Waals surface area contributed by atoms with Crippen LogP contribution in [0.1, 0.15) is 19.4 Å². The largest absolute Gasteiger partial charge is 0.402 e. The number of benzene rings is 1. The fraction of sp³-hybridized carbons (Fsp3) is 0.538. The molecule has 0 heterocycles. The Morgan fingerprint density at radius 3 is 2.29 bits per heavy atom. The van der Waals surface area contributed by atoms with Crippen LogP contribution in [0.2, 0.25) is 5.02 Å². The Bertz CT molecular complexity index is 600. The van der Waals surface area contributed by atoms with Crippen molar-refractivity contribution in [3.63, 3.8) is 0 Å². The van der Waals surface area contributed by atoms with Crippen molar-refractivity contribution < 1.29 is 21.6 Å². The topological polar surface area (TPSA) is 37.4 Å². The van der Waals surface area contributed by atoms with Gasteiger partial charge in [-0.25, -0.2) is 8.42 Å². The Morgan fingerprint density at radius 2 is 1.86 bits per heavy atom. The normalized spacial score (nSPS) is 13.2. The molecule has 0 spiro atoms. The van der Waals surface area contributed by atoms with Gasteiger partial charge in [0.15, 0.2) is 0 Å². The summed E-state index contributed by atoms with van der Waals surface area (Å²) in [5.74, 6) is -0.233. The highest BCUT2D eigenvalue weighted by Gasteiger charge is 2.37. The summed E-state index contributed by atoms with van der Waals surface area (Å²) in [5, 5.41) is 0.201. The van der Waals surface area contributed by atoms with Gasteiger partial charge >= 0.3 is 6.18 Å². The average Bonchev–Trinajstić information content (AvgIpc) is 2.29. The predicted octanol–water partition coefficient (Wildman–Crippen LogP) is 3.86. The van der Waals surface area contributed by atoms with Crippen molar-refractivity contribution in [2.24, 2.45) is 5.92 Å². The van der Waals surface area contributed by atoms with Crippen LogP contribution < -0.4 is 0 Å². The monoisotopic (exact) mass is 343 g/mol.